The molecule has 1 atom stereocenters. The molecule has 5 rings (SSSR count). The lowest BCUT2D eigenvalue weighted by Crippen LogP contribution is -2.30. The normalized spacial score (nSPS) is 19.1. The summed E-state index contributed by atoms with van der Waals surface area (Å²) in [6.07, 6.45) is 6.02. The fourth-order valence-electron chi connectivity index (χ4n) is 4.55. The van der Waals surface area contributed by atoms with Crippen molar-refractivity contribution in [3.8, 4) is 0 Å². The van der Waals surface area contributed by atoms with Gasteiger partial charge in [-0.25, -0.2) is 13.1 Å². The molecule has 152 valence electrons. The smallest absolute Gasteiger partial charge is 0.241 e. The molecule has 1 saturated carbocycles. The Morgan fingerprint density at radius 2 is 1.83 bits per heavy atom. The summed E-state index contributed by atoms with van der Waals surface area (Å²) in [6, 6.07) is 11.1. The van der Waals surface area contributed by atoms with E-state index < -0.39 is 10.0 Å². The van der Waals surface area contributed by atoms with E-state index in [1.54, 1.807) is 18.2 Å². The highest BCUT2D eigenvalue weighted by Gasteiger charge is 2.36. The number of hydrogen-bond donors (Lipinski definition) is 1. The van der Waals surface area contributed by atoms with Crippen LogP contribution < -0.4 is 9.62 Å². The first-order chi connectivity index (χ1) is 13.9. The zero-order valence-corrected chi connectivity index (χ0v) is 17.5. The van der Waals surface area contributed by atoms with Crippen LogP contribution in [0.15, 0.2) is 41.3 Å². The summed E-state index contributed by atoms with van der Waals surface area (Å²) in [4.78, 5) is 14.5. The van der Waals surface area contributed by atoms with Crippen LogP contribution in [0.4, 0.5) is 5.69 Å². The van der Waals surface area contributed by atoms with Crippen molar-refractivity contribution >= 4 is 21.6 Å². The summed E-state index contributed by atoms with van der Waals surface area (Å²) in [7, 11) is -3.64. The quantitative estimate of drug-likeness (QED) is 0.820. The van der Waals surface area contributed by atoms with Gasteiger partial charge in [-0.1, -0.05) is 18.2 Å². The second-order valence-corrected chi connectivity index (χ2v) is 10.2. The van der Waals surface area contributed by atoms with Gasteiger partial charge in [0.25, 0.3) is 0 Å². The molecule has 6 heteroatoms. The number of anilines is 1. The maximum atomic E-state index is 13.0. The molecule has 0 saturated heterocycles. The Balaban J connectivity index is 1.35. The molecule has 1 aliphatic heterocycles. The molecular formula is C23H26N2O3S. The van der Waals surface area contributed by atoms with Gasteiger partial charge in [0.1, 0.15) is 0 Å². The Bertz CT molecular complexity index is 1090. The van der Waals surface area contributed by atoms with Gasteiger partial charge < -0.3 is 4.90 Å². The van der Waals surface area contributed by atoms with Gasteiger partial charge in [0.2, 0.25) is 15.9 Å². The number of carbonyl (C=O) groups is 1. The molecule has 0 aromatic heterocycles. The molecular weight excluding hydrogens is 384 g/mol. The van der Waals surface area contributed by atoms with E-state index >= 15 is 0 Å². The highest BCUT2D eigenvalue weighted by Crippen LogP contribution is 2.37. The Morgan fingerprint density at radius 3 is 2.62 bits per heavy atom. The third-order valence-corrected chi connectivity index (χ3v) is 7.94. The van der Waals surface area contributed by atoms with Gasteiger partial charge in [-0.15, -0.1) is 0 Å². The SMILES string of the molecule is C[C@@H](NS(=O)(=O)c1ccc2c(c1)CCN2C(=O)C1CC1)c1ccc2c(c1)CCC2. The average Bonchev–Trinajstić information content (AvgIpc) is 3.30. The van der Waals surface area contributed by atoms with Gasteiger partial charge in [0.15, 0.2) is 0 Å². The van der Waals surface area contributed by atoms with E-state index in [1.165, 1.54) is 17.5 Å². The van der Waals surface area contributed by atoms with Crippen molar-refractivity contribution in [2.24, 2.45) is 5.92 Å². The van der Waals surface area contributed by atoms with Gasteiger partial charge in [-0.2, -0.15) is 0 Å². The number of sulfonamides is 1. The van der Waals surface area contributed by atoms with Crippen LogP contribution in [0.25, 0.3) is 0 Å². The maximum Gasteiger partial charge on any atom is 0.241 e. The topological polar surface area (TPSA) is 66.5 Å². The molecule has 5 nitrogen and oxygen atoms in total. The molecule has 29 heavy (non-hydrogen) atoms. The van der Waals surface area contributed by atoms with Crippen molar-refractivity contribution < 1.29 is 13.2 Å². The molecule has 1 N–H and O–H groups in total. The first-order valence-corrected chi connectivity index (χ1v) is 12.0. The van der Waals surface area contributed by atoms with Crippen molar-refractivity contribution in [2.75, 3.05) is 11.4 Å². The average molecular weight is 411 g/mol. The standard InChI is InChI=1S/C23H26N2O3S/c1-15(18-8-5-16-3-2-4-19(16)13-18)24-29(27,28)21-9-10-22-20(14-21)11-12-25(22)23(26)17-6-7-17/h5,8-10,13-15,17,24H,2-4,6-7,11-12H2,1H3/t15-/m1/s1. The summed E-state index contributed by atoms with van der Waals surface area (Å²) in [5.41, 5.74) is 5.52. The van der Waals surface area contributed by atoms with Gasteiger partial charge in [-0.3, -0.25) is 4.79 Å². The molecule has 0 radical (unpaired) electrons. The van der Waals surface area contributed by atoms with E-state index in [-0.39, 0.29) is 22.8 Å². The van der Waals surface area contributed by atoms with Crippen LogP contribution in [-0.4, -0.2) is 20.9 Å². The minimum Gasteiger partial charge on any atom is -0.312 e. The lowest BCUT2D eigenvalue weighted by atomic mass is 10.0. The van der Waals surface area contributed by atoms with Gasteiger partial charge >= 0.3 is 0 Å². The van der Waals surface area contributed by atoms with E-state index in [0.29, 0.717) is 13.0 Å². The van der Waals surface area contributed by atoms with E-state index in [2.05, 4.69) is 16.9 Å². The number of rotatable bonds is 5. The van der Waals surface area contributed by atoms with Crippen molar-refractivity contribution in [3.63, 3.8) is 0 Å². The highest BCUT2D eigenvalue weighted by molar-refractivity contribution is 7.89. The Hall–Kier alpha value is -2.18. The predicted octanol–water partition coefficient (Wildman–Crippen LogP) is 3.51. The van der Waals surface area contributed by atoms with E-state index in [9.17, 15) is 13.2 Å². The van der Waals surface area contributed by atoms with Gasteiger partial charge in [0, 0.05) is 24.2 Å². The number of hydrogen-bond acceptors (Lipinski definition) is 3. The van der Waals surface area contributed by atoms with Gasteiger partial charge in [0.05, 0.1) is 4.90 Å². The highest BCUT2D eigenvalue weighted by atomic mass is 32.2. The van der Waals surface area contributed by atoms with Crippen LogP contribution in [-0.2, 0) is 34.1 Å². The van der Waals surface area contributed by atoms with Crippen molar-refractivity contribution in [3.05, 3.63) is 58.7 Å². The summed E-state index contributed by atoms with van der Waals surface area (Å²) in [6.45, 7) is 2.53. The number of nitrogens with zero attached hydrogens (tertiary/aromatic N) is 1. The minimum atomic E-state index is -3.64. The van der Waals surface area contributed by atoms with Crippen LogP contribution in [0.1, 0.15) is 54.5 Å². The minimum absolute atomic E-state index is 0.166. The second-order valence-electron chi connectivity index (χ2n) is 8.53. The van der Waals surface area contributed by atoms with Crippen LogP contribution in [0.5, 0.6) is 0 Å². The fraction of sp³-hybridized carbons (Fsp3) is 0.435. The number of benzene rings is 2. The molecule has 3 aliphatic rings. The second kappa shape index (κ2) is 6.96. The fourth-order valence-corrected chi connectivity index (χ4v) is 5.84. The van der Waals surface area contributed by atoms with Crippen molar-refractivity contribution in [2.45, 2.75) is 56.4 Å². The predicted molar refractivity (Wildman–Crippen MR) is 112 cm³/mol. The molecule has 0 unspecified atom stereocenters. The maximum absolute atomic E-state index is 13.0. The molecule has 2 aromatic carbocycles. The van der Waals surface area contributed by atoms with Crippen molar-refractivity contribution in [1.82, 2.24) is 4.72 Å². The first kappa shape index (κ1) is 18.8. The van der Waals surface area contributed by atoms with E-state index in [4.69, 9.17) is 0 Å². The van der Waals surface area contributed by atoms with Crippen LogP contribution in [0.3, 0.4) is 0 Å². The van der Waals surface area contributed by atoms with Crippen molar-refractivity contribution in [1.29, 1.82) is 0 Å². The number of aryl methyl sites for hydroxylation is 2. The molecule has 0 bridgehead atoms. The Kier molecular flexibility index (Phi) is 4.51. The van der Waals surface area contributed by atoms with Crippen LogP contribution in [0.2, 0.25) is 0 Å². The molecule has 1 fully saturated rings. The lowest BCUT2D eigenvalue weighted by molar-refractivity contribution is -0.119. The number of amides is 1. The molecule has 0 spiro atoms. The molecule has 2 aromatic rings. The number of carbonyl (C=O) groups excluding carboxylic acids is 1. The largest absolute Gasteiger partial charge is 0.312 e. The lowest BCUT2D eigenvalue weighted by Gasteiger charge is -2.18. The van der Waals surface area contributed by atoms with E-state index in [1.807, 2.05) is 17.9 Å². The van der Waals surface area contributed by atoms with E-state index in [0.717, 1.165) is 42.5 Å². The zero-order chi connectivity index (χ0) is 20.2. The van der Waals surface area contributed by atoms with Crippen LogP contribution >= 0.6 is 0 Å². The Morgan fingerprint density at radius 1 is 1.03 bits per heavy atom. The molecule has 1 amide bonds. The molecule has 2 aliphatic carbocycles. The number of fused-ring (bicyclic) bond motifs is 2. The van der Waals surface area contributed by atoms with Gasteiger partial charge in [-0.05, 0) is 85.9 Å². The number of nitrogens with one attached hydrogen (secondary N) is 1. The first-order valence-electron chi connectivity index (χ1n) is 10.5. The summed E-state index contributed by atoms with van der Waals surface area (Å²) >= 11 is 0. The third-order valence-electron chi connectivity index (χ3n) is 6.40. The molecule has 1 heterocycles. The van der Waals surface area contributed by atoms with Crippen LogP contribution in [0, 0.1) is 5.92 Å². The zero-order valence-electron chi connectivity index (χ0n) is 16.6. The Labute approximate surface area is 172 Å². The summed E-state index contributed by atoms with van der Waals surface area (Å²) < 4.78 is 28.8. The summed E-state index contributed by atoms with van der Waals surface area (Å²) in [5.74, 6) is 0.349. The monoisotopic (exact) mass is 410 g/mol. The third kappa shape index (κ3) is 3.49. The summed E-state index contributed by atoms with van der Waals surface area (Å²) in [5, 5.41) is 0.